The largest absolute Gasteiger partial charge is 0.493 e. The molecule has 2 amide bonds. The lowest BCUT2D eigenvalue weighted by Crippen LogP contribution is -2.49. The number of anilines is 1. The van der Waals surface area contributed by atoms with Crippen LogP contribution in [0.15, 0.2) is 12.1 Å². The van der Waals surface area contributed by atoms with Crippen LogP contribution < -0.4 is 24.8 Å². The number of hydrogen-bond donors (Lipinski definition) is 2. The smallest absolute Gasteiger partial charge is 0.247 e. The van der Waals surface area contributed by atoms with Gasteiger partial charge in [-0.15, -0.1) is 11.8 Å². The number of ether oxygens (including phenoxy) is 3. The molecular weight excluding hydrogens is 308 g/mol. The van der Waals surface area contributed by atoms with Crippen molar-refractivity contribution in [2.45, 2.75) is 6.04 Å². The molecule has 0 saturated carbocycles. The molecule has 0 spiro atoms. The number of carbonyl (C=O) groups is 2. The fraction of sp³-hybridized carbons (Fsp3) is 0.429. The molecule has 0 aliphatic carbocycles. The van der Waals surface area contributed by atoms with E-state index in [1.807, 2.05) is 0 Å². The summed E-state index contributed by atoms with van der Waals surface area (Å²) in [4.78, 5) is 23.6. The van der Waals surface area contributed by atoms with Crippen molar-refractivity contribution in [3.05, 3.63) is 12.1 Å². The number of benzene rings is 1. The van der Waals surface area contributed by atoms with Gasteiger partial charge in [0.15, 0.2) is 11.5 Å². The highest BCUT2D eigenvalue weighted by molar-refractivity contribution is 8.00. The Hall–Kier alpha value is -2.09. The predicted molar refractivity (Wildman–Crippen MR) is 84.0 cm³/mol. The van der Waals surface area contributed by atoms with E-state index in [9.17, 15) is 9.59 Å². The fourth-order valence-electron chi connectivity index (χ4n) is 2.07. The maximum atomic E-state index is 12.2. The van der Waals surface area contributed by atoms with Crippen LogP contribution in [-0.2, 0) is 9.59 Å². The third-order valence-electron chi connectivity index (χ3n) is 3.10. The van der Waals surface area contributed by atoms with Gasteiger partial charge in [-0.25, -0.2) is 0 Å². The Labute approximate surface area is 132 Å². The van der Waals surface area contributed by atoms with Crippen LogP contribution in [0.1, 0.15) is 0 Å². The molecule has 1 aromatic carbocycles. The quantitative estimate of drug-likeness (QED) is 0.835. The lowest BCUT2D eigenvalue weighted by molar-refractivity contribution is -0.124. The maximum absolute atomic E-state index is 12.2. The summed E-state index contributed by atoms with van der Waals surface area (Å²) < 4.78 is 15.7. The summed E-state index contributed by atoms with van der Waals surface area (Å²) in [5, 5.41) is 5.41. The first-order valence-corrected chi connectivity index (χ1v) is 7.72. The van der Waals surface area contributed by atoms with Crippen molar-refractivity contribution in [2.75, 3.05) is 38.2 Å². The molecule has 120 valence electrons. The average molecular weight is 326 g/mol. The molecule has 0 aromatic heterocycles. The first-order chi connectivity index (χ1) is 10.6. The van der Waals surface area contributed by atoms with Gasteiger partial charge in [-0.1, -0.05) is 0 Å². The molecule has 7 nitrogen and oxygen atoms in total. The summed E-state index contributed by atoms with van der Waals surface area (Å²) in [5.41, 5.74) is 0.504. The molecule has 22 heavy (non-hydrogen) atoms. The maximum Gasteiger partial charge on any atom is 0.247 e. The van der Waals surface area contributed by atoms with Crippen molar-refractivity contribution < 1.29 is 23.8 Å². The lowest BCUT2D eigenvalue weighted by Gasteiger charge is -2.22. The molecule has 1 unspecified atom stereocenters. The third kappa shape index (κ3) is 3.56. The van der Waals surface area contributed by atoms with Crippen LogP contribution >= 0.6 is 11.8 Å². The second-order valence-electron chi connectivity index (χ2n) is 4.54. The average Bonchev–Trinajstić information content (AvgIpc) is 2.53. The zero-order chi connectivity index (χ0) is 16.1. The van der Waals surface area contributed by atoms with Gasteiger partial charge < -0.3 is 24.8 Å². The highest BCUT2D eigenvalue weighted by Gasteiger charge is 2.25. The molecule has 8 heteroatoms. The van der Waals surface area contributed by atoms with Gasteiger partial charge in [0, 0.05) is 23.6 Å². The SMILES string of the molecule is COc1cc(NC(=O)C2CSCC(=O)N2)cc(OC)c1OC. The van der Waals surface area contributed by atoms with Crippen LogP contribution in [0.3, 0.4) is 0 Å². The molecule has 1 aromatic rings. The number of hydrogen-bond acceptors (Lipinski definition) is 6. The highest BCUT2D eigenvalue weighted by Crippen LogP contribution is 2.39. The van der Waals surface area contributed by atoms with Crippen LogP contribution in [0.4, 0.5) is 5.69 Å². The standard InChI is InChI=1S/C14H18N2O5S/c1-19-10-4-8(5-11(20-2)13(10)21-3)15-14(18)9-6-22-7-12(17)16-9/h4-5,9H,6-7H2,1-3H3,(H,15,18)(H,16,17). The molecule has 2 N–H and O–H groups in total. The van der Waals surface area contributed by atoms with E-state index in [1.165, 1.54) is 33.1 Å². The second-order valence-corrected chi connectivity index (χ2v) is 5.57. The monoisotopic (exact) mass is 326 g/mol. The molecule has 1 fully saturated rings. The molecule has 0 radical (unpaired) electrons. The summed E-state index contributed by atoms with van der Waals surface area (Å²) >= 11 is 1.43. The number of thioether (sulfide) groups is 1. The molecule has 1 saturated heterocycles. The second kappa shape index (κ2) is 7.26. The Morgan fingerprint density at radius 2 is 1.86 bits per heavy atom. The van der Waals surface area contributed by atoms with Gasteiger partial charge in [-0.05, 0) is 0 Å². The summed E-state index contributed by atoms with van der Waals surface area (Å²) in [6.07, 6.45) is 0. The van der Waals surface area contributed by atoms with Crippen molar-refractivity contribution in [2.24, 2.45) is 0 Å². The fourth-order valence-corrected chi connectivity index (χ4v) is 2.93. The summed E-state index contributed by atoms with van der Waals surface area (Å²) in [6.45, 7) is 0. The van der Waals surface area contributed by atoms with Crippen molar-refractivity contribution >= 4 is 29.3 Å². The number of rotatable bonds is 5. The van der Waals surface area contributed by atoms with Gasteiger partial charge in [-0.2, -0.15) is 0 Å². The van der Waals surface area contributed by atoms with Crippen LogP contribution in [0, 0.1) is 0 Å². The Morgan fingerprint density at radius 1 is 1.23 bits per heavy atom. The van der Waals surface area contributed by atoms with Gasteiger partial charge in [0.25, 0.3) is 0 Å². The molecule has 1 atom stereocenters. The Balaban J connectivity index is 2.18. The van der Waals surface area contributed by atoms with E-state index in [0.717, 1.165) is 0 Å². The normalized spacial score (nSPS) is 17.4. The minimum atomic E-state index is -0.551. The Kier molecular flexibility index (Phi) is 5.37. The van der Waals surface area contributed by atoms with Crippen LogP contribution in [0.5, 0.6) is 17.2 Å². The van der Waals surface area contributed by atoms with Crippen molar-refractivity contribution in [1.29, 1.82) is 0 Å². The number of methoxy groups -OCH3 is 3. The third-order valence-corrected chi connectivity index (χ3v) is 4.14. The van der Waals surface area contributed by atoms with E-state index in [-0.39, 0.29) is 11.8 Å². The van der Waals surface area contributed by atoms with Crippen molar-refractivity contribution in [3.8, 4) is 17.2 Å². The highest BCUT2D eigenvalue weighted by atomic mass is 32.2. The van der Waals surface area contributed by atoms with Gasteiger partial charge in [-0.3, -0.25) is 9.59 Å². The Morgan fingerprint density at radius 3 is 2.36 bits per heavy atom. The van der Waals surface area contributed by atoms with Gasteiger partial charge in [0.1, 0.15) is 6.04 Å². The summed E-state index contributed by atoms with van der Waals surface area (Å²) in [5.74, 6) is 1.84. The lowest BCUT2D eigenvalue weighted by atomic mass is 10.2. The van der Waals surface area contributed by atoms with Crippen LogP contribution in [0.2, 0.25) is 0 Å². The number of amides is 2. The minimum Gasteiger partial charge on any atom is -0.493 e. The number of carbonyl (C=O) groups excluding carboxylic acids is 2. The van der Waals surface area contributed by atoms with E-state index < -0.39 is 6.04 Å². The molecule has 2 rings (SSSR count). The van der Waals surface area contributed by atoms with E-state index in [2.05, 4.69) is 10.6 Å². The van der Waals surface area contributed by atoms with Gasteiger partial charge in [0.2, 0.25) is 17.6 Å². The molecule has 1 aliphatic rings. The topological polar surface area (TPSA) is 85.9 Å². The molecule has 0 bridgehead atoms. The van der Waals surface area contributed by atoms with E-state index in [0.29, 0.717) is 34.4 Å². The predicted octanol–water partition coefficient (Wildman–Crippen LogP) is 0.882. The number of nitrogens with one attached hydrogen (secondary N) is 2. The van der Waals surface area contributed by atoms with E-state index >= 15 is 0 Å². The first kappa shape index (κ1) is 16.3. The van der Waals surface area contributed by atoms with E-state index in [4.69, 9.17) is 14.2 Å². The minimum absolute atomic E-state index is 0.138. The summed E-state index contributed by atoms with van der Waals surface area (Å²) in [6, 6.07) is 2.72. The van der Waals surface area contributed by atoms with Crippen molar-refractivity contribution in [1.82, 2.24) is 5.32 Å². The zero-order valence-electron chi connectivity index (χ0n) is 12.6. The first-order valence-electron chi connectivity index (χ1n) is 6.57. The summed E-state index contributed by atoms with van der Waals surface area (Å²) in [7, 11) is 4.51. The molecule has 1 heterocycles. The Bertz CT molecular complexity index is 553. The van der Waals surface area contributed by atoms with E-state index in [1.54, 1.807) is 12.1 Å². The van der Waals surface area contributed by atoms with Gasteiger partial charge in [0.05, 0.1) is 27.1 Å². The van der Waals surface area contributed by atoms with Crippen molar-refractivity contribution in [3.63, 3.8) is 0 Å². The zero-order valence-corrected chi connectivity index (χ0v) is 13.4. The van der Waals surface area contributed by atoms with Crippen LogP contribution in [-0.4, -0.2) is 50.7 Å². The molecular formula is C14H18N2O5S. The molecule has 1 aliphatic heterocycles. The van der Waals surface area contributed by atoms with Gasteiger partial charge >= 0.3 is 0 Å². The van der Waals surface area contributed by atoms with Crippen LogP contribution in [0.25, 0.3) is 0 Å².